The Morgan fingerprint density at radius 3 is 3.21 bits per heavy atom. The summed E-state index contributed by atoms with van der Waals surface area (Å²) in [5.41, 5.74) is 0.999. The minimum Gasteiger partial charge on any atom is -0.328 e. The number of carbonyl (C=O) groups excluding carboxylic acids is 1. The van der Waals surface area contributed by atoms with Crippen LogP contribution in [0, 0.1) is 0 Å². The van der Waals surface area contributed by atoms with Gasteiger partial charge in [0.1, 0.15) is 6.54 Å². The van der Waals surface area contributed by atoms with E-state index in [2.05, 4.69) is 10.3 Å². The van der Waals surface area contributed by atoms with Crippen LogP contribution in [-0.4, -0.2) is 23.3 Å². The number of hydrogen-bond donors (Lipinski definition) is 1. The molecule has 6 heteroatoms. The normalized spacial score (nSPS) is 17.9. The molecule has 4 nitrogen and oxygen atoms in total. The quantitative estimate of drug-likeness (QED) is 0.724. The van der Waals surface area contributed by atoms with E-state index in [-0.39, 0.29) is 18.3 Å². The molecule has 0 bridgehead atoms. The molecule has 0 spiro atoms. The van der Waals surface area contributed by atoms with Gasteiger partial charge in [0, 0.05) is 4.88 Å². The lowest BCUT2D eigenvalue weighted by Crippen LogP contribution is -2.31. The number of nitrogens with one attached hydrogen (secondary N) is 1. The molecule has 1 amide bonds. The number of nitrogens with zero attached hydrogens (tertiary/aromatic N) is 2. The fraction of sp³-hybridized carbons (Fsp3) is 0.250. The van der Waals surface area contributed by atoms with Crippen molar-refractivity contribution in [2.45, 2.75) is 6.54 Å². The van der Waals surface area contributed by atoms with Crippen LogP contribution in [0.4, 0.5) is 5.69 Å². The summed E-state index contributed by atoms with van der Waals surface area (Å²) in [6, 6.07) is 1.98. The highest BCUT2D eigenvalue weighted by Gasteiger charge is 2.29. The Hall–Kier alpha value is -1.07. The van der Waals surface area contributed by atoms with Gasteiger partial charge in [-0.25, -0.2) is 4.99 Å². The van der Waals surface area contributed by atoms with Gasteiger partial charge in [-0.3, -0.25) is 10.1 Å². The second kappa shape index (κ2) is 3.25. The summed E-state index contributed by atoms with van der Waals surface area (Å²) in [4.78, 5) is 18.6. The van der Waals surface area contributed by atoms with Crippen LogP contribution in [0.3, 0.4) is 0 Å². The summed E-state index contributed by atoms with van der Waals surface area (Å²) < 4.78 is 0. The van der Waals surface area contributed by atoms with Gasteiger partial charge in [-0.2, -0.15) is 0 Å². The SMILES string of the molecule is Cl.O=C1CN2Cc3sccc3N=C2N1. The monoisotopic (exact) mass is 229 g/mol. The molecule has 2 aliphatic rings. The zero-order valence-corrected chi connectivity index (χ0v) is 8.82. The molecule has 1 saturated heterocycles. The highest BCUT2D eigenvalue weighted by molar-refractivity contribution is 7.10. The van der Waals surface area contributed by atoms with Crippen LogP contribution in [-0.2, 0) is 11.3 Å². The van der Waals surface area contributed by atoms with Crippen LogP contribution in [0.15, 0.2) is 16.4 Å². The van der Waals surface area contributed by atoms with Crippen LogP contribution < -0.4 is 5.32 Å². The molecule has 2 aliphatic heterocycles. The molecule has 3 heterocycles. The third kappa shape index (κ3) is 1.29. The first-order valence-electron chi connectivity index (χ1n) is 4.03. The topological polar surface area (TPSA) is 44.7 Å². The summed E-state index contributed by atoms with van der Waals surface area (Å²) >= 11 is 1.69. The summed E-state index contributed by atoms with van der Waals surface area (Å²) in [7, 11) is 0. The molecule has 0 atom stereocenters. The largest absolute Gasteiger partial charge is 0.328 e. The third-order valence-electron chi connectivity index (χ3n) is 2.17. The number of guanidine groups is 1. The number of halogens is 1. The Labute approximate surface area is 91.0 Å². The maximum absolute atomic E-state index is 11.1. The van der Waals surface area contributed by atoms with Crippen molar-refractivity contribution in [2.75, 3.05) is 6.54 Å². The van der Waals surface area contributed by atoms with Crippen LogP contribution in [0.1, 0.15) is 4.88 Å². The lowest BCUT2D eigenvalue weighted by molar-refractivity contribution is -0.118. The van der Waals surface area contributed by atoms with Crippen molar-refractivity contribution >= 4 is 41.3 Å². The Morgan fingerprint density at radius 2 is 2.36 bits per heavy atom. The van der Waals surface area contributed by atoms with E-state index in [4.69, 9.17) is 0 Å². The predicted molar refractivity (Wildman–Crippen MR) is 57.2 cm³/mol. The Morgan fingerprint density at radius 1 is 1.50 bits per heavy atom. The van der Waals surface area contributed by atoms with Crippen molar-refractivity contribution in [2.24, 2.45) is 4.99 Å². The maximum atomic E-state index is 11.1. The molecule has 1 aromatic rings. The molecular formula is C8H8ClN3OS. The van der Waals surface area contributed by atoms with Gasteiger partial charge in [-0.05, 0) is 11.4 Å². The van der Waals surface area contributed by atoms with Gasteiger partial charge < -0.3 is 4.90 Å². The van der Waals surface area contributed by atoms with Crippen LogP contribution in [0.5, 0.6) is 0 Å². The smallest absolute Gasteiger partial charge is 0.246 e. The molecule has 0 aliphatic carbocycles. The first kappa shape index (κ1) is 9.48. The van der Waals surface area contributed by atoms with Crippen molar-refractivity contribution in [1.29, 1.82) is 0 Å². The van der Waals surface area contributed by atoms with Gasteiger partial charge in [-0.15, -0.1) is 23.7 Å². The second-order valence-electron chi connectivity index (χ2n) is 3.07. The highest BCUT2D eigenvalue weighted by atomic mass is 35.5. The third-order valence-corrected chi connectivity index (χ3v) is 3.06. The number of aliphatic imine (C=N–C) groups is 1. The molecule has 14 heavy (non-hydrogen) atoms. The van der Waals surface area contributed by atoms with Crippen molar-refractivity contribution < 1.29 is 4.79 Å². The van der Waals surface area contributed by atoms with Gasteiger partial charge in [0.2, 0.25) is 11.9 Å². The summed E-state index contributed by atoms with van der Waals surface area (Å²) in [5.74, 6) is 0.741. The molecule has 0 saturated carbocycles. The second-order valence-corrected chi connectivity index (χ2v) is 4.07. The molecule has 1 N–H and O–H groups in total. The van der Waals surface area contributed by atoms with Crippen molar-refractivity contribution in [1.82, 2.24) is 10.2 Å². The Kier molecular flexibility index (Phi) is 2.20. The molecule has 1 aromatic heterocycles. The standard InChI is InChI=1S/C8H7N3OS.ClH/c12-7-4-11-3-6-5(1-2-13-6)9-8(11)10-7;/h1-2H,3-4H2,(H,9,10,12);1H. The molecule has 0 unspecified atom stereocenters. The Balaban J connectivity index is 0.000000750. The fourth-order valence-electron chi connectivity index (χ4n) is 1.56. The number of thiophene rings is 1. The zero-order valence-electron chi connectivity index (χ0n) is 7.19. The van der Waals surface area contributed by atoms with Crippen LogP contribution >= 0.6 is 23.7 Å². The molecular weight excluding hydrogens is 222 g/mol. The number of rotatable bonds is 0. The van der Waals surface area contributed by atoms with E-state index < -0.39 is 0 Å². The first-order valence-corrected chi connectivity index (χ1v) is 4.91. The van der Waals surface area contributed by atoms with Gasteiger partial charge in [-0.1, -0.05) is 0 Å². The van der Waals surface area contributed by atoms with Gasteiger partial charge >= 0.3 is 0 Å². The van der Waals surface area contributed by atoms with Crippen LogP contribution in [0.2, 0.25) is 0 Å². The van der Waals surface area contributed by atoms with Gasteiger partial charge in [0.15, 0.2) is 0 Å². The first-order chi connectivity index (χ1) is 6.33. The molecule has 3 rings (SSSR count). The number of hydrogen-bond acceptors (Lipinski definition) is 4. The number of carbonyl (C=O) groups is 1. The van der Waals surface area contributed by atoms with Crippen LogP contribution in [0.25, 0.3) is 0 Å². The van der Waals surface area contributed by atoms with E-state index in [1.807, 2.05) is 16.3 Å². The van der Waals surface area contributed by atoms with E-state index in [0.29, 0.717) is 12.5 Å². The van der Waals surface area contributed by atoms with Gasteiger partial charge in [0.25, 0.3) is 0 Å². The average Bonchev–Trinajstić information content (AvgIpc) is 2.63. The van der Waals surface area contributed by atoms with E-state index in [9.17, 15) is 4.79 Å². The number of amides is 1. The zero-order chi connectivity index (χ0) is 8.84. The fourth-order valence-corrected chi connectivity index (χ4v) is 2.39. The lowest BCUT2D eigenvalue weighted by atomic mass is 10.3. The van der Waals surface area contributed by atoms with E-state index in [0.717, 1.165) is 12.2 Å². The minimum atomic E-state index is 0. The predicted octanol–water partition coefficient (Wildman–Crippen LogP) is 1.10. The molecule has 0 radical (unpaired) electrons. The number of fused-ring (bicyclic) bond motifs is 2. The molecule has 1 fully saturated rings. The van der Waals surface area contributed by atoms with Crippen molar-refractivity contribution in [3.63, 3.8) is 0 Å². The van der Waals surface area contributed by atoms with E-state index >= 15 is 0 Å². The van der Waals surface area contributed by atoms with Crippen molar-refractivity contribution in [3.05, 3.63) is 16.3 Å². The van der Waals surface area contributed by atoms with E-state index in [1.54, 1.807) is 11.3 Å². The summed E-state index contributed by atoms with van der Waals surface area (Å²) in [6.45, 7) is 1.25. The molecule has 74 valence electrons. The Bertz CT molecular complexity index is 414. The van der Waals surface area contributed by atoms with Gasteiger partial charge in [0.05, 0.1) is 12.2 Å². The maximum Gasteiger partial charge on any atom is 0.246 e. The summed E-state index contributed by atoms with van der Waals surface area (Å²) in [5, 5.41) is 4.75. The minimum absolute atomic E-state index is 0. The highest BCUT2D eigenvalue weighted by Crippen LogP contribution is 2.31. The summed E-state index contributed by atoms with van der Waals surface area (Å²) in [6.07, 6.45) is 0. The molecule has 0 aromatic carbocycles. The van der Waals surface area contributed by atoms with E-state index in [1.165, 1.54) is 4.88 Å². The average molecular weight is 230 g/mol. The lowest BCUT2D eigenvalue weighted by Gasteiger charge is -2.19. The van der Waals surface area contributed by atoms with Crippen molar-refractivity contribution in [3.8, 4) is 0 Å².